The van der Waals surface area contributed by atoms with Gasteiger partial charge in [0.05, 0.1) is 43.3 Å². The molecule has 1 atom stereocenters. The summed E-state index contributed by atoms with van der Waals surface area (Å²) in [6, 6.07) is 11.9. The van der Waals surface area contributed by atoms with Gasteiger partial charge in [0.15, 0.2) is 0 Å². The maximum atomic E-state index is 6.06. The number of hydrogen-bond acceptors (Lipinski definition) is 7. The molecule has 1 aliphatic heterocycles. The Morgan fingerprint density at radius 3 is 2.58 bits per heavy atom. The van der Waals surface area contributed by atoms with Crippen LogP contribution in [0, 0.1) is 0 Å². The molecular weight excluding hydrogens is 478 g/mol. The van der Waals surface area contributed by atoms with E-state index in [2.05, 4.69) is 27.1 Å². The number of rotatable bonds is 9. The second-order valence-corrected chi connectivity index (χ2v) is 9.10. The Bertz CT molecular complexity index is 1300. The van der Waals surface area contributed by atoms with E-state index < -0.39 is 0 Å². The highest BCUT2D eigenvalue weighted by atomic mass is 35.5. The molecule has 188 valence electrons. The van der Waals surface area contributed by atoms with E-state index in [9.17, 15) is 0 Å². The Morgan fingerprint density at radius 2 is 1.86 bits per heavy atom. The van der Waals surface area contributed by atoms with Crippen LogP contribution in [0.4, 0.5) is 11.4 Å². The number of benzene rings is 2. The van der Waals surface area contributed by atoms with Crippen LogP contribution < -0.4 is 14.4 Å². The summed E-state index contributed by atoms with van der Waals surface area (Å²) < 4.78 is 18.7. The number of anilines is 2. The number of fused-ring (bicyclic) bond motifs is 1. The van der Waals surface area contributed by atoms with E-state index in [4.69, 9.17) is 30.8 Å². The van der Waals surface area contributed by atoms with Gasteiger partial charge in [-0.05, 0) is 43.9 Å². The molecule has 1 saturated heterocycles. The lowest BCUT2D eigenvalue weighted by Crippen LogP contribution is -2.19. The third-order valence-corrected chi connectivity index (χ3v) is 6.62. The van der Waals surface area contributed by atoms with Crippen LogP contribution in [0.15, 0.2) is 55.0 Å². The lowest BCUT2D eigenvalue weighted by Gasteiger charge is -2.26. The van der Waals surface area contributed by atoms with Crippen molar-refractivity contribution in [1.82, 2.24) is 19.7 Å². The highest BCUT2D eigenvalue weighted by Crippen LogP contribution is 2.34. The monoisotopic (exact) mass is 507 g/mol. The van der Waals surface area contributed by atoms with Crippen LogP contribution in [0.25, 0.3) is 22.3 Å². The van der Waals surface area contributed by atoms with Gasteiger partial charge in [0.1, 0.15) is 17.7 Å². The molecule has 0 amide bonds. The smallest absolute Gasteiger partial charge is 0.150 e. The molecule has 3 heterocycles. The van der Waals surface area contributed by atoms with Crippen LogP contribution in [0.5, 0.6) is 11.5 Å². The van der Waals surface area contributed by atoms with Crippen LogP contribution in [-0.4, -0.2) is 53.0 Å². The van der Waals surface area contributed by atoms with Crippen molar-refractivity contribution in [2.45, 2.75) is 31.9 Å². The van der Waals surface area contributed by atoms with Crippen molar-refractivity contribution < 1.29 is 14.2 Å². The molecule has 1 aliphatic rings. The molecular formula is C27H30ClN5O3. The van der Waals surface area contributed by atoms with Gasteiger partial charge in [-0.1, -0.05) is 0 Å². The lowest BCUT2D eigenvalue weighted by atomic mass is 10.1. The summed E-state index contributed by atoms with van der Waals surface area (Å²) in [6.07, 6.45) is 9.64. The summed E-state index contributed by atoms with van der Waals surface area (Å²) in [5.41, 5.74) is 5.26. The van der Waals surface area contributed by atoms with Crippen LogP contribution >= 0.6 is 11.6 Å². The molecule has 0 saturated carbocycles. The number of hydrogen-bond donors (Lipinski definition) is 0. The second-order valence-electron chi connectivity index (χ2n) is 8.72. The molecule has 4 aromatic rings. The largest absolute Gasteiger partial charge is 0.497 e. The fourth-order valence-electron chi connectivity index (χ4n) is 4.44. The van der Waals surface area contributed by atoms with Gasteiger partial charge >= 0.3 is 0 Å². The van der Waals surface area contributed by atoms with Crippen molar-refractivity contribution in [3.05, 3.63) is 55.0 Å². The number of alkyl halides is 1. The molecule has 2 aromatic heterocycles. The molecule has 0 bridgehead atoms. The third-order valence-electron chi connectivity index (χ3n) is 6.35. The predicted octanol–water partition coefficient (Wildman–Crippen LogP) is 5.98. The van der Waals surface area contributed by atoms with Gasteiger partial charge in [-0.15, -0.1) is 11.6 Å². The molecule has 36 heavy (non-hydrogen) atoms. The van der Waals surface area contributed by atoms with Gasteiger partial charge in [0, 0.05) is 60.4 Å². The number of halogens is 1. The Balaban J connectivity index is 1.49. The van der Waals surface area contributed by atoms with E-state index in [1.165, 1.54) is 0 Å². The minimum absolute atomic E-state index is 0.0112. The Kier molecular flexibility index (Phi) is 7.53. The second kappa shape index (κ2) is 11.1. The molecule has 1 unspecified atom stereocenters. The molecule has 5 rings (SSSR count). The van der Waals surface area contributed by atoms with Gasteiger partial charge in [-0.2, -0.15) is 5.10 Å². The van der Waals surface area contributed by atoms with E-state index in [-0.39, 0.29) is 6.23 Å². The summed E-state index contributed by atoms with van der Waals surface area (Å²) in [5, 5.41) is 4.53. The van der Waals surface area contributed by atoms with Crippen LogP contribution in [-0.2, 0) is 4.74 Å². The first-order valence-electron chi connectivity index (χ1n) is 12.2. The lowest BCUT2D eigenvalue weighted by molar-refractivity contribution is -0.0394. The number of ether oxygens (including phenoxy) is 3. The van der Waals surface area contributed by atoms with Crippen molar-refractivity contribution in [3.63, 3.8) is 0 Å². The number of aromatic nitrogens is 4. The molecule has 0 aliphatic carbocycles. The third kappa shape index (κ3) is 5.24. The van der Waals surface area contributed by atoms with Gasteiger partial charge in [-0.3, -0.25) is 4.98 Å². The van der Waals surface area contributed by atoms with Gasteiger partial charge in [0.25, 0.3) is 0 Å². The number of nitrogens with zero attached hydrogens (tertiary/aromatic N) is 5. The minimum atomic E-state index is -0.0112. The van der Waals surface area contributed by atoms with E-state index >= 15 is 0 Å². The maximum Gasteiger partial charge on any atom is 0.150 e. The molecule has 0 radical (unpaired) electrons. The summed E-state index contributed by atoms with van der Waals surface area (Å²) in [6.45, 7) is 1.50. The van der Waals surface area contributed by atoms with Crippen molar-refractivity contribution >= 4 is 34.0 Å². The summed E-state index contributed by atoms with van der Waals surface area (Å²) in [4.78, 5) is 11.8. The van der Waals surface area contributed by atoms with E-state index in [1.807, 2.05) is 41.3 Å². The summed E-state index contributed by atoms with van der Waals surface area (Å²) in [5.74, 6) is 2.01. The first-order chi connectivity index (χ1) is 17.7. The summed E-state index contributed by atoms with van der Waals surface area (Å²) in [7, 11) is 3.30. The summed E-state index contributed by atoms with van der Waals surface area (Å²) >= 11 is 6.06. The Morgan fingerprint density at radius 1 is 1.03 bits per heavy atom. The molecule has 0 spiro atoms. The van der Waals surface area contributed by atoms with Gasteiger partial charge in [-0.25, -0.2) is 9.67 Å². The van der Waals surface area contributed by atoms with Gasteiger partial charge < -0.3 is 19.1 Å². The van der Waals surface area contributed by atoms with Crippen LogP contribution in [0.1, 0.15) is 31.9 Å². The molecule has 1 fully saturated rings. The topological polar surface area (TPSA) is 74.5 Å². The van der Waals surface area contributed by atoms with Crippen LogP contribution in [0.2, 0.25) is 0 Å². The Labute approximate surface area is 215 Å². The van der Waals surface area contributed by atoms with E-state index in [0.717, 1.165) is 84.0 Å². The first-order valence-corrected chi connectivity index (χ1v) is 12.7. The Hall–Kier alpha value is -3.36. The zero-order valence-electron chi connectivity index (χ0n) is 20.6. The standard InChI is InChI=1S/C27H30ClN5O3/c1-34-22-12-21(13-23(15-22)35-2)32(10-5-9-28)20-7-8-24-25(14-20)31-26(17-29-24)19-16-30-33(18-19)27-6-3-4-11-36-27/h7-8,12-18,27H,3-6,9-11H2,1-2H3. The van der Waals surface area contributed by atoms with E-state index in [1.54, 1.807) is 20.4 Å². The van der Waals surface area contributed by atoms with E-state index in [0.29, 0.717) is 5.88 Å². The fraction of sp³-hybridized carbons (Fsp3) is 0.370. The van der Waals surface area contributed by atoms with Crippen molar-refractivity contribution in [2.24, 2.45) is 0 Å². The maximum absolute atomic E-state index is 6.06. The van der Waals surface area contributed by atoms with Crippen molar-refractivity contribution in [3.8, 4) is 22.8 Å². The van der Waals surface area contributed by atoms with Crippen molar-refractivity contribution in [1.29, 1.82) is 0 Å². The average molecular weight is 508 g/mol. The molecule has 2 aromatic carbocycles. The first kappa shape index (κ1) is 24.3. The minimum Gasteiger partial charge on any atom is -0.497 e. The highest BCUT2D eigenvalue weighted by molar-refractivity contribution is 6.17. The number of methoxy groups -OCH3 is 2. The van der Waals surface area contributed by atoms with Crippen LogP contribution in [0.3, 0.4) is 0 Å². The highest BCUT2D eigenvalue weighted by Gasteiger charge is 2.18. The quantitative estimate of drug-likeness (QED) is 0.258. The van der Waals surface area contributed by atoms with Crippen molar-refractivity contribution in [2.75, 3.05) is 38.2 Å². The normalized spacial score (nSPS) is 15.7. The van der Waals surface area contributed by atoms with Gasteiger partial charge in [0.2, 0.25) is 0 Å². The molecule has 0 N–H and O–H groups in total. The zero-order chi connectivity index (χ0) is 24.9. The predicted molar refractivity (Wildman–Crippen MR) is 141 cm³/mol. The fourth-order valence-corrected chi connectivity index (χ4v) is 4.56. The molecule has 9 heteroatoms. The SMILES string of the molecule is COc1cc(OC)cc(N(CCCCl)c2ccc3ncc(-c4cnn(C5CCCCO5)c4)nc3c2)c1. The zero-order valence-corrected chi connectivity index (χ0v) is 21.3. The average Bonchev–Trinajstić information content (AvgIpc) is 3.43. The molecule has 8 nitrogen and oxygen atoms in total.